The van der Waals surface area contributed by atoms with E-state index in [1.807, 2.05) is 12.1 Å². The summed E-state index contributed by atoms with van der Waals surface area (Å²) in [6.45, 7) is 2.53. The first-order valence-electron chi connectivity index (χ1n) is 4.89. The molecule has 1 aromatic rings. The van der Waals surface area contributed by atoms with Gasteiger partial charge in [-0.05, 0) is 25.1 Å². The summed E-state index contributed by atoms with van der Waals surface area (Å²) in [7, 11) is 0. The maximum absolute atomic E-state index is 8.83. The van der Waals surface area contributed by atoms with Crippen molar-refractivity contribution < 1.29 is 0 Å². The Bertz CT molecular complexity index is 507. The molecule has 3 nitrogen and oxygen atoms in total. The second-order valence-corrected chi connectivity index (χ2v) is 3.09. The number of anilines is 1. The Morgan fingerprint density at radius 3 is 2.56 bits per heavy atom. The van der Waals surface area contributed by atoms with Crippen molar-refractivity contribution in [3.05, 3.63) is 29.3 Å². The number of nitrogens with zero attached hydrogens (tertiary/aromatic N) is 2. The molecule has 0 saturated heterocycles. The summed E-state index contributed by atoms with van der Waals surface area (Å²) in [6, 6.07) is 9.09. The van der Waals surface area contributed by atoms with Crippen molar-refractivity contribution in [3.63, 3.8) is 0 Å². The molecule has 0 unspecified atom stereocenters. The molecule has 0 aliphatic rings. The Kier molecular flexibility index (Phi) is 4.45. The monoisotopic (exact) mass is 209 g/mol. The molecule has 3 heteroatoms. The molecule has 0 radical (unpaired) electrons. The van der Waals surface area contributed by atoms with Gasteiger partial charge in [0, 0.05) is 18.7 Å². The smallest absolute Gasteiger partial charge is 0.101 e. The molecule has 0 saturated carbocycles. The molecule has 16 heavy (non-hydrogen) atoms. The molecule has 0 aliphatic carbocycles. The van der Waals surface area contributed by atoms with Gasteiger partial charge in [0.25, 0.3) is 0 Å². The lowest BCUT2D eigenvalue weighted by atomic mass is 10.1. The molecular weight excluding hydrogens is 198 g/mol. The lowest BCUT2D eigenvalue weighted by Crippen LogP contribution is -2.00. The second-order valence-electron chi connectivity index (χ2n) is 3.09. The average molecular weight is 209 g/mol. The molecule has 0 amide bonds. The van der Waals surface area contributed by atoms with Crippen molar-refractivity contribution >= 4 is 5.69 Å². The van der Waals surface area contributed by atoms with Gasteiger partial charge in [-0.3, -0.25) is 0 Å². The molecule has 1 rings (SSSR count). The van der Waals surface area contributed by atoms with E-state index in [4.69, 9.17) is 10.5 Å². The van der Waals surface area contributed by atoms with E-state index in [9.17, 15) is 0 Å². The Morgan fingerprint density at radius 1 is 1.19 bits per heavy atom. The quantitative estimate of drug-likeness (QED) is 0.613. The first kappa shape index (κ1) is 11.6. The zero-order valence-electron chi connectivity index (χ0n) is 9.04. The summed E-state index contributed by atoms with van der Waals surface area (Å²) >= 11 is 0. The van der Waals surface area contributed by atoms with Crippen LogP contribution in [-0.2, 0) is 0 Å². The fraction of sp³-hybridized carbons (Fsp3) is 0.231. The molecule has 0 bridgehead atoms. The van der Waals surface area contributed by atoms with Crippen LogP contribution in [0.3, 0.4) is 0 Å². The third-order valence-corrected chi connectivity index (χ3v) is 2.02. The van der Waals surface area contributed by atoms with Crippen LogP contribution >= 0.6 is 0 Å². The molecule has 1 aromatic carbocycles. The SMILES string of the molecule is CC#CCCNc1ccc(C#N)c(C#N)c1. The minimum absolute atomic E-state index is 0.397. The van der Waals surface area contributed by atoms with Crippen LogP contribution in [0.4, 0.5) is 5.69 Å². The number of nitriles is 2. The van der Waals surface area contributed by atoms with E-state index in [0.29, 0.717) is 11.1 Å². The summed E-state index contributed by atoms with van der Waals surface area (Å²) in [5, 5.41) is 20.7. The Hall–Kier alpha value is -2.44. The topological polar surface area (TPSA) is 59.6 Å². The van der Waals surface area contributed by atoms with Gasteiger partial charge >= 0.3 is 0 Å². The maximum atomic E-state index is 8.83. The van der Waals surface area contributed by atoms with E-state index in [-0.39, 0.29) is 0 Å². The predicted molar refractivity (Wildman–Crippen MR) is 62.4 cm³/mol. The maximum Gasteiger partial charge on any atom is 0.101 e. The molecular formula is C13H11N3. The van der Waals surface area contributed by atoms with Gasteiger partial charge in [0.15, 0.2) is 0 Å². The molecule has 0 aromatic heterocycles. The van der Waals surface area contributed by atoms with Crippen LogP contribution in [0.15, 0.2) is 18.2 Å². The first-order chi connectivity index (χ1) is 7.81. The van der Waals surface area contributed by atoms with Crippen LogP contribution in [0.25, 0.3) is 0 Å². The standard InChI is InChI=1S/C13H11N3/c1-2-3-4-7-16-13-6-5-11(9-14)12(8-13)10-15/h5-6,8,16H,4,7H2,1H3. The molecule has 0 atom stereocenters. The zero-order chi connectivity index (χ0) is 11.8. The number of hydrogen-bond donors (Lipinski definition) is 1. The van der Waals surface area contributed by atoms with Crippen molar-refractivity contribution in [2.45, 2.75) is 13.3 Å². The van der Waals surface area contributed by atoms with Gasteiger partial charge in [-0.1, -0.05) is 0 Å². The van der Waals surface area contributed by atoms with Crippen molar-refractivity contribution in [2.75, 3.05) is 11.9 Å². The van der Waals surface area contributed by atoms with Gasteiger partial charge in [-0.15, -0.1) is 11.8 Å². The zero-order valence-corrected chi connectivity index (χ0v) is 9.04. The van der Waals surface area contributed by atoms with Gasteiger partial charge in [-0.25, -0.2) is 0 Å². The van der Waals surface area contributed by atoms with Crippen molar-refractivity contribution in [2.24, 2.45) is 0 Å². The summed E-state index contributed by atoms with van der Waals surface area (Å²) in [5.41, 5.74) is 1.64. The second kappa shape index (κ2) is 6.12. The largest absolute Gasteiger partial charge is 0.384 e. The average Bonchev–Trinajstić information content (AvgIpc) is 2.34. The highest BCUT2D eigenvalue weighted by Gasteiger charge is 2.01. The van der Waals surface area contributed by atoms with E-state index in [2.05, 4.69) is 17.2 Å². The van der Waals surface area contributed by atoms with Crippen LogP contribution in [-0.4, -0.2) is 6.54 Å². The lowest BCUT2D eigenvalue weighted by Gasteiger charge is -2.04. The van der Waals surface area contributed by atoms with E-state index >= 15 is 0 Å². The first-order valence-corrected chi connectivity index (χ1v) is 4.89. The highest BCUT2D eigenvalue weighted by atomic mass is 14.9. The van der Waals surface area contributed by atoms with Gasteiger partial charge in [0.1, 0.15) is 12.1 Å². The van der Waals surface area contributed by atoms with Crippen molar-refractivity contribution in [1.29, 1.82) is 10.5 Å². The van der Waals surface area contributed by atoms with Crippen LogP contribution in [0.1, 0.15) is 24.5 Å². The molecule has 0 aliphatic heterocycles. The van der Waals surface area contributed by atoms with E-state index < -0.39 is 0 Å². The predicted octanol–water partition coefficient (Wildman–Crippen LogP) is 2.26. The minimum atomic E-state index is 0.397. The van der Waals surface area contributed by atoms with Crippen LogP contribution < -0.4 is 5.32 Å². The normalized spacial score (nSPS) is 8.19. The van der Waals surface area contributed by atoms with E-state index in [0.717, 1.165) is 18.7 Å². The fourth-order valence-electron chi connectivity index (χ4n) is 1.24. The van der Waals surface area contributed by atoms with E-state index in [1.54, 1.807) is 25.1 Å². The molecule has 78 valence electrons. The third-order valence-electron chi connectivity index (χ3n) is 2.02. The fourth-order valence-corrected chi connectivity index (χ4v) is 1.24. The minimum Gasteiger partial charge on any atom is -0.384 e. The Morgan fingerprint density at radius 2 is 1.94 bits per heavy atom. The molecule has 0 spiro atoms. The summed E-state index contributed by atoms with van der Waals surface area (Å²) < 4.78 is 0. The van der Waals surface area contributed by atoms with E-state index in [1.165, 1.54) is 0 Å². The Balaban J connectivity index is 2.72. The summed E-state index contributed by atoms with van der Waals surface area (Å²) in [4.78, 5) is 0. The number of benzene rings is 1. The highest BCUT2D eigenvalue weighted by molar-refractivity contribution is 5.56. The third kappa shape index (κ3) is 3.05. The van der Waals surface area contributed by atoms with Gasteiger partial charge in [-0.2, -0.15) is 10.5 Å². The van der Waals surface area contributed by atoms with Crippen LogP contribution in [0.2, 0.25) is 0 Å². The van der Waals surface area contributed by atoms with Gasteiger partial charge in [0.05, 0.1) is 11.1 Å². The highest BCUT2D eigenvalue weighted by Crippen LogP contribution is 2.14. The summed E-state index contributed by atoms with van der Waals surface area (Å²) in [5.74, 6) is 5.75. The van der Waals surface area contributed by atoms with Gasteiger partial charge in [0.2, 0.25) is 0 Å². The molecule has 1 N–H and O–H groups in total. The van der Waals surface area contributed by atoms with Gasteiger partial charge < -0.3 is 5.32 Å². The van der Waals surface area contributed by atoms with Crippen molar-refractivity contribution in [1.82, 2.24) is 0 Å². The lowest BCUT2D eigenvalue weighted by molar-refractivity contribution is 1.10. The number of rotatable bonds is 3. The van der Waals surface area contributed by atoms with Crippen molar-refractivity contribution in [3.8, 4) is 24.0 Å². The Labute approximate surface area is 95.3 Å². The molecule has 0 heterocycles. The summed E-state index contributed by atoms with van der Waals surface area (Å²) in [6.07, 6.45) is 0.762. The molecule has 0 fully saturated rings. The van der Waals surface area contributed by atoms with Crippen LogP contribution in [0.5, 0.6) is 0 Å². The number of nitrogens with one attached hydrogen (secondary N) is 1. The number of hydrogen-bond acceptors (Lipinski definition) is 3. The van der Waals surface area contributed by atoms with Crippen LogP contribution in [0, 0.1) is 34.5 Å².